The van der Waals surface area contributed by atoms with Crippen LogP contribution in [-0.2, 0) is 9.53 Å². The van der Waals surface area contributed by atoms with Crippen LogP contribution >= 0.6 is 0 Å². The second-order valence-electron chi connectivity index (χ2n) is 4.90. The number of benzene rings is 2. The van der Waals surface area contributed by atoms with Gasteiger partial charge in [0, 0.05) is 0 Å². The van der Waals surface area contributed by atoms with Crippen molar-refractivity contribution in [1.82, 2.24) is 0 Å². The Labute approximate surface area is 136 Å². The molecule has 0 saturated carbocycles. The van der Waals surface area contributed by atoms with Crippen molar-refractivity contribution >= 4 is 17.6 Å². The second-order valence-corrected chi connectivity index (χ2v) is 4.90. The average Bonchev–Trinajstić information content (AvgIpc) is 2.60. The zero-order chi connectivity index (χ0) is 16.7. The van der Waals surface area contributed by atoms with Crippen LogP contribution in [0.4, 0.5) is 0 Å². The molecule has 0 spiro atoms. The van der Waals surface area contributed by atoms with Crippen LogP contribution in [0.25, 0.3) is 11.6 Å². The molecular weight excluding hydrogens is 288 g/mol. The van der Waals surface area contributed by atoms with Crippen LogP contribution in [0.15, 0.2) is 66.7 Å². The molecule has 0 fully saturated rings. The van der Waals surface area contributed by atoms with Gasteiger partial charge in [-0.3, -0.25) is 0 Å². The third-order valence-electron chi connectivity index (χ3n) is 3.37. The van der Waals surface area contributed by atoms with Crippen molar-refractivity contribution in [2.45, 2.75) is 6.92 Å². The predicted molar refractivity (Wildman–Crippen MR) is 93.1 cm³/mol. The fourth-order valence-electron chi connectivity index (χ4n) is 2.14. The summed E-state index contributed by atoms with van der Waals surface area (Å²) in [5.74, 6) is 0.378. The highest BCUT2D eigenvalue weighted by atomic mass is 16.5. The van der Waals surface area contributed by atoms with E-state index in [-0.39, 0.29) is 5.97 Å². The number of methoxy groups -OCH3 is 1. The Morgan fingerprint density at radius 2 is 1.74 bits per heavy atom. The minimum Gasteiger partial charge on any atom is -0.497 e. The van der Waals surface area contributed by atoms with Crippen LogP contribution in [-0.4, -0.2) is 19.7 Å². The van der Waals surface area contributed by atoms with E-state index in [2.05, 4.69) is 6.58 Å². The van der Waals surface area contributed by atoms with Gasteiger partial charge in [0.2, 0.25) is 0 Å². The van der Waals surface area contributed by atoms with E-state index in [1.54, 1.807) is 20.1 Å². The minimum atomic E-state index is -0.378. The van der Waals surface area contributed by atoms with Crippen LogP contribution in [0.1, 0.15) is 18.1 Å². The number of rotatable bonds is 6. The summed E-state index contributed by atoms with van der Waals surface area (Å²) in [7, 11) is 1.61. The van der Waals surface area contributed by atoms with E-state index < -0.39 is 0 Å². The number of ether oxygens (including phenoxy) is 2. The second kappa shape index (κ2) is 7.99. The number of esters is 1. The average molecular weight is 308 g/mol. The molecule has 0 unspecified atom stereocenters. The van der Waals surface area contributed by atoms with Gasteiger partial charge in [-0.15, -0.1) is 0 Å². The van der Waals surface area contributed by atoms with Gasteiger partial charge < -0.3 is 9.47 Å². The molecule has 0 bridgehead atoms. The molecule has 0 heterocycles. The molecule has 0 radical (unpaired) electrons. The molecule has 23 heavy (non-hydrogen) atoms. The SMILES string of the molecule is C=C(/C(=C/c1ccccc1)C(=O)OCC)c1ccc(OC)cc1. The van der Waals surface area contributed by atoms with Gasteiger partial charge in [-0.05, 0) is 41.8 Å². The molecule has 0 aliphatic heterocycles. The third kappa shape index (κ3) is 4.33. The Bertz CT molecular complexity index is 697. The molecule has 0 aliphatic rings. The van der Waals surface area contributed by atoms with Gasteiger partial charge in [-0.25, -0.2) is 4.79 Å². The van der Waals surface area contributed by atoms with E-state index in [0.717, 1.165) is 16.9 Å². The maximum atomic E-state index is 12.3. The fourth-order valence-corrected chi connectivity index (χ4v) is 2.14. The molecule has 0 N–H and O–H groups in total. The maximum Gasteiger partial charge on any atom is 0.338 e. The minimum absolute atomic E-state index is 0.320. The Kier molecular flexibility index (Phi) is 5.75. The highest BCUT2D eigenvalue weighted by Crippen LogP contribution is 2.26. The highest BCUT2D eigenvalue weighted by Gasteiger charge is 2.16. The van der Waals surface area contributed by atoms with E-state index in [1.807, 2.05) is 54.6 Å². The quantitative estimate of drug-likeness (QED) is 0.452. The number of carbonyl (C=O) groups excluding carboxylic acids is 1. The molecule has 0 amide bonds. The molecule has 3 heteroatoms. The Balaban J connectivity index is 2.38. The number of hydrogen-bond acceptors (Lipinski definition) is 3. The van der Waals surface area contributed by atoms with Crippen LogP contribution in [0.5, 0.6) is 5.75 Å². The standard InChI is InChI=1S/C20H20O3/c1-4-23-20(21)19(14-16-8-6-5-7-9-16)15(2)17-10-12-18(22-3)13-11-17/h5-14H,2,4H2,1,3H3/b19-14-. The normalized spacial score (nSPS) is 11.0. The highest BCUT2D eigenvalue weighted by molar-refractivity contribution is 6.09. The van der Waals surface area contributed by atoms with Crippen molar-refractivity contribution in [2.24, 2.45) is 0 Å². The van der Waals surface area contributed by atoms with Gasteiger partial charge in [0.25, 0.3) is 0 Å². The van der Waals surface area contributed by atoms with Crippen molar-refractivity contribution in [1.29, 1.82) is 0 Å². The van der Waals surface area contributed by atoms with Crippen LogP contribution < -0.4 is 4.74 Å². The van der Waals surface area contributed by atoms with Gasteiger partial charge in [0.05, 0.1) is 19.3 Å². The summed E-state index contributed by atoms with van der Waals surface area (Å²) in [6.07, 6.45) is 1.80. The first-order valence-corrected chi connectivity index (χ1v) is 7.43. The lowest BCUT2D eigenvalue weighted by molar-refractivity contribution is -0.137. The first-order valence-electron chi connectivity index (χ1n) is 7.43. The van der Waals surface area contributed by atoms with Crippen molar-refractivity contribution in [3.63, 3.8) is 0 Å². The topological polar surface area (TPSA) is 35.5 Å². The summed E-state index contributed by atoms with van der Waals surface area (Å²) in [6, 6.07) is 17.1. The summed E-state index contributed by atoms with van der Waals surface area (Å²) in [4.78, 5) is 12.3. The van der Waals surface area contributed by atoms with Gasteiger partial charge in [0.15, 0.2) is 0 Å². The monoisotopic (exact) mass is 308 g/mol. The molecule has 0 aromatic heterocycles. The molecule has 2 rings (SSSR count). The largest absolute Gasteiger partial charge is 0.497 e. The molecule has 3 nitrogen and oxygen atoms in total. The predicted octanol–water partition coefficient (Wildman–Crippen LogP) is 4.36. The van der Waals surface area contributed by atoms with E-state index in [9.17, 15) is 4.79 Å². The van der Waals surface area contributed by atoms with Gasteiger partial charge in [0.1, 0.15) is 5.75 Å². The fraction of sp³-hybridized carbons (Fsp3) is 0.150. The Morgan fingerprint density at radius 1 is 1.09 bits per heavy atom. The van der Waals surface area contributed by atoms with Crippen molar-refractivity contribution in [3.05, 3.63) is 77.9 Å². The molecule has 0 atom stereocenters. The molecule has 2 aromatic carbocycles. The lowest BCUT2D eigenvalue weighted by Gasteiger charge is -2.11. The van der Waals surface area contributed by atoms with Crippen molar-refractivity contribution in [2.75, 3.05) is 13.7 Å². The van der Waals surface area contributed by atoms with E-state index in [4.69, 9.17) is 9.47 Å². The molecular formula is C20H20O3. The molecule has 0 saturated heterocycles. The summed E-state index contributed by atoms with van der Waals surface area (Å²) in [6.45, 7) is 6.18. The first-order chi connectivity index (χ1) is 11.2. The first kappa shape index (κ1) is 16.6. The molecule has 2 aromatic rings. The summed E-state index contributed by atoms with van der Waals surface area (Å²) in [5, 5.41) is 0. The molecule has 0 aliphatic carbocycles. The van der Waals surface area contributed by atoms with Crippen molar-refractivity contribution < 1.29 is 14.3 Å². The summed E-state index contributed by atoms with van der Waals surface area (Å²) >= 11 is 0. The van der Waals surface area contributed by atoms with Crippen molar-refractivity contribution in [3.8, 4) is 5.75 Å². The van der Waals surface area contributed by atoms with Crippen LogP contribution in [0.2, 0.25) is 0 Å². The Hall–Kier alpha value is -2.81. The maximum absolute atomic E-state index is 12.3. The van der Waals surface area contributed by atoms with Gasteiger partial charge >= 0.3 is 5.97 Å². The zero-order valence-corrected chi connectivity index (χ0v) is 13.4. The lowest BCUT2D eigenvalue weighted by atomic mass is 9.97. The van der Waals surface area contributed by atoms with Gasteiger partial charge in [-0.2, -0.15) is 0 Å². The third-order valence-corrected chi connectivity index (χ3v) is 3.37. The lowest BCUT2D eigenvalue weighted by Crippen LogP contribution is -2.09. The smallest absolute Gasteiger partial charge is 0.338 e. The van der Waals surface area contributed by atoms with E-state index in [0.29, 0.717) is 17.8 Å². The van der Waals surface area contributed by atoms with E-state index >= 15 is 0 Å². The van der Waals surface area contributed by atoms with E-state index in [1.165, 1.54) is 0 Å². The van der Waals surface area contributed by atoms with Crippen LogP contribution in [0.3, 0.4) is 0 Å². The zero-order valence-electron chi connectivity index (χ0n) is 13.4. The van der Waals surface area contributed by atoms with Crippen LogP contribution in [0, 0.1) is 0 Å². The summed E-state index contributed by atoms with van der Waals surface area (Å²) < 4.78 is 10.3. The molecule has 118 valence electrons. The summed E-state index contributed by atoms with van der Waals surface area (Å²) in [5.41, 5.74) is 2.84. The number of hydrogen-bond donors (Lipinski definition) is 0. The number of carbonyl (C=O) groups is 1. The van der Waals surface area contributed by atoms with Gasteiger partial charge in [-0.1, -0.05) is 49.0 Å². The Morgan fingerprint density at radius 3 is 2.30 bits per heavy atom.